The van der Waals surface area contributed by atoms with Gasteiger partial charge in [-0.15, -0.1) is 0 Å². The zero-order chi connectivity index (χ0) is 29.4. The Bertz CT molecular complexity index is 1110. The Morgan fingerprint density at radius 1 is 0.950 bits per heavy atom. The van der Waals surface area contributed by atoms with Crippen molar-refractivity contribution in [3.05, 3.63) is 65.2 Å². The number of benzene rings is 2. The van der Waals surface area contributed by atoms with Gasteiger partial charge in [-0.1, -0.05) is 27.7 Å². The molecular formula is C30H41F2N3O4S. The molecule has 0 saturated carbocycles. The van der Waals surface area contributed by atoms with E-state index in [-0.39, 0.29) is 23.8 Å². The lowest BCUT2D eigenvalue weighted by molar-refractivity contribution is -0.135. The largest absolute Gasteiger partial charge is 0.390 e. The topological polar surface area (TPSA) is 102 Å². The van der Waals surface area contributed by atoms with Crippen molar-refractivity contribution in [3.8, 4) is 0 Å². The highest BCUT2D eigenvalue weighted by Gasteiger charge is 2.38. The minimum Gasteiger partial charge on any atom is -0.390 e. The quantitative estimate of drug-likeness (QED) is 0.267. The first-order chi connectivity index (χ1) is 18.9. The fourth-order valence-corrected chi connectivity index (χ4v) is 5.81. The molecule has 0 radical (unpaired) electrons. The molecule has 220 valence electrons. The van der Waals surface area contributed by atoms with Crippen LogP contribution in [-0.2, 0) is 11.2 Å². The Morgan fingerprint density at radius 3 is 2.10 bits per heavy atom. The van der Waals surface area contributed by atoms with Crippen LogP contribution in [0.25, 0.3) is 0 Å². The molecule has 2 amide bonds. The van der Waals surface area contributed by atoms with Crippen molar-refractivity contribution in [1.29, 1.82) is 0 Å². The Labute approximate surface area is 239 Å². The normalized spacial score (nSPS) is 17.1. The maximum Gasteiger partial charge on any atom is 0.251 e. The number of aliphatic hydroxyl groups excluding tert-OH is 2. The van der Waals surface area contributed by atoms with E-state index in [1.54, 1.807) is 37.9 Å². The van der Waals surface area contributed by atoms with E-state index in [1.165, 1.54) is 0 Å². The lowest BCUT2D eigenvalue weighted by atomic mass is 9.83. The van der Waals surface area contributed by atoms with Gasteiger partial charge in [0.05, 0.1) is 18.1 Å². The third-order valence-corrected chi connectivity index (χ3v) is 8.05. The van der Waals surface area contributed by atoms with Gasteiger partial charge < -0.3 is 20.8 Å². The lowest BCUT2D eigenvalue weighted by Crippen LogP contribution is -2.55. The molecule has 0 bridgehead atoms. The maximum absolute atomic E-state index is 13.9. The Kier molecular flexibility index (Phi) is 11.9. The highest BCUT2D eigenvalue weighted by Crippen LogP contribution is 2.27. The first-order valence-corrected chi connectivity index (χ1v) is 14.6. The van der Waals surface area contributed by atoms with Crippen molar-refractivity contribution >= 4 is 23.8 Å². The first-order valence-electron chi connectivity index (χ1n) is 13.9. The SMILES string of the molecule is CC(C)CNC(=O)[C@H](C(C)C)[C@@H](O)[C@H](O)[C@H](Cc1cc(F)cc(F)c1)NC(=O)c1ccc(SN2CCCC2)cc1. The summed E-state index contributed by atoms with van der Waals surface area (Å²) in [7, 11) is 0. The van der Waals surface area contributed by atoms with E-state index in [0.717, 1.165) is 49.0 Å². The van der Waals surface area contributed by atoms with Gasteiger partial charge in [0.2, 0.25) is 5.91 Å². The second-order valence-electron chi connectivity index (χ2n) is 11.2. The molecule has 0 aliphatic carbocycles. The second kappa shape index (κ2) is 14.9. The predicted molar refractivity (Wildman–Crippen MR) is 153 cm³/mol. The minimum atomic E-state index is -1.60. The van der Waals surface area contributed by atoms with Crippen LogP contribution in [-0.4, -0.2) is 64.2 Å². The van der Waals surface area contributed by atoms with Gasteiger partial charge in [0.15, 0.2) is 0 Å². The first kappa shape index (κ1) is 32.0. The molecule has 0 spiro atoms. The average molecular weight is 578 g/mol. The predicted octanol–water partition coefficient (Wildman–Crippen LogP) is 4.18. The number of hydrogen-bond donors (Lipinski definition) is 4. The highest BCUT2D eigenvalue weighted by atomic mass is 32.2. The van der Waals surface area contributed by atoms with Crippen LogP contribution < -0.4 is 10.6 Å². The maximum atomic E-state index is 13.9. The molecule has 40 heavy (non-hydrogen) atoms. The zero-order valence-corrected chi connectivity index (χ0v) is 24.4. The Morgan fingerprint density at radius 2 is 1.55 bits per heavy atom. The van der Waals surface area contributed by atoms with Gasteiger partial charge >= 0.3 is 0 Å². The number of carbonyl (C=O) groups excluding carboxylic acids is 2. The fraction of sp³-hybridized carbons (Fsp3) is 0.533. The summed E-state index contributed by atoms with van der Waals surface area (Å²) < 4.78 is 30.1. The molecule has 1 saturated heterocycles. The molecule has 7 nitrogen and oxygen atoms in total. The van der Waals surface area contributed by atoms with E-state index in [2.05, 4.69) is 14.9 Å². The smallest absolute Gasteiger partial charge is 0.251 e. The van der Waals surface area contributed by atoms with E-state index in [9.17, 15) is 28.6 Å². The molecule has 0 aromatic heterocycles. The van der Waals surface area contributed by atoms with Gasteiger partial charge in [-0.3, -0.25) is 9.59 Å². The van der Waals surface area contributed by atoms with Crippen molar-refractivity contribution in [1.82, 2.24) is 14.9 Å². The highest BCUT2D eigenvalue weighted by molar-refractivity contribution is 7.97. The average Bonchev–Trinajstić information content (AvgIpc) is 3.39. The molecule has 2 aromatic carbocycles. The molecule has 1 aliphatic rings. The molecule has 0 unspecified atom stereocenters. The van der Waals surface area contributed by atoms with Crippen LogP contribution in [0, 0.1) is 29.4 Å². The zero-order valence-electron chi connectivity index (χ0n) is 23.6. The standard InChI is InChI=1S/C30H41F2N3O4S/c1-18(2)17-33-30(39)26(19(3)4)28(37)27(36)25(15-20-13-22(31)16-23(32)14-20)34-29(38)21-7-9-24(10-8-21)40-35-11-5-6-12-35/h7-10,13-14,16,18-19,25-28,36-37H,5-6,11-12,15,17H2,1-4H3,(H,33,39)(H,34,38)/t25-,26+,27+,28+/m0/s1. The number of carbonyl (C=O) groups is 2. The number of amides is 2. The summed E-state index contributed by atoms with van der Waals surface area (Å²) in [5, 5.41) is 28.0. The van der Waals surface area contributed by atoms with Gasteiger partial charge in [-0.2, -0.15) is 0 Å². The van der Waals surface area contributed by atoms with Crippen LogP contribution >= 0.6 is 11.9 Å². The third kappa shape index (κ3) is 9.26. The molecule has 1 aliphatic heterocycles. The number of nitrogens with one attached hydrogen (secondary N) is 2. The van der Waals surface area contributed by atoms with Gasteiger partial charge in [-0.25, -0.2) is 13.1 Å². The molecule has 10 heteroatoms. The van der Waals surface area contributed by atoms with Crippen LogP contribution in [0.2, 0.25) is 0 Å². The van der Waals surface area contributed by atoms with E-state index >= 15 is 0 Å². The summed E-state index contributed by atoms with van der Waals surface area (Å²) in [4.78, 5) is 27.2. The summed E-state index contributed by atoms with van der Waals surface area (Å²) in [6, 6.07) is 8.85. The van der Waals surface area contributed by atoms with Crippen LogP contribution in [0.4, 0.5) is 8.78 Å². The number of rotatable bonds is 13. The van der Waals surface area contributed by atoms with Gasteiger partial charge in [-0.05, 0) is 85.0 Å². The van der Waals surface area contributed by atoms with Crippen LogP contribution in [0.5, 0.6) is 0 Å². The summed E-state index contributed by atoms with van der Waals surface area (Å²) >= 11 is 1.63. The van der Waals surface area contributed by atoms with Crippen molar-refractivity contribution in [2.75, 3.05) is 19.6 Å². The Hall–Kier alpha value is -2.53. The van der Waals surface area contributed by atoms with E-state index in [4.69, 9.17) is 0 Å². The number of halogens is 2. The van der Waals surface area contributed by atoms with E-state index in [0.29, 0.717) is 12.1 Å². The van der Waals surface area contributed by atoms with Crippen molar-refractivity contribution in [2.45, 2.75) is 70.1 Å². The second-order valence-corrected chi connectivity index (χ2v) is 12.4. The van der Waals surface area contributed by atoms with Gasteiger partial charge in [0.1, 0.15) is 17.7 Å². The van der Waals surface area contributed by atoms with Crippen LogP contribution in [0.15, 0.2) is 47.4 Å². The third-order valence-electron chi connectivity index (χ3n) is 6.95. The molecule has 1 heterocycles. The van der Waals surface area contributed by atoms with E-state index < -0.39 is 47.6 Å². The van der Waals surface area contributed by atoms with Gasteiger partial charge in [0, 0.05) is 36.2 Å². The van der Waals surface area contributed by atoms with Crippen LogP contribution in [0.3, 0.4) is 0 Å². The molecule has 4 N–H and O–H groups in total. The summed E-state index contributed by atoms with van der Waals surface area (Å²) in [6.45, 7) is 9.83. The Balaban J connectivity index is 1.81. The van der Waals surface area contributed by atoms with Crippen molar-refractivity contribution in [2.24, 2.45) is 17.8 Å². The number of hydrogen-bond acceptors (Lipinski definition) is 6. The summed E-state index contributed by atoms with van der Waals surface area (Å²) in [5.41, 5.74) is 0.523. The molecule has 3 rings (SSSR count). The molecule has 2 aromatic rings. The van der Waals surface area contributed by atoms with Crippen molar-refractivity contribution < 1.29 is 28.6 Å². The number of nitrogens with zero attached hydrogens (tertiary/aromatic N) is 1. The minimum absolute atomic E-state index is 0.167. The molecular weight excluding hydrogens is 536 g/mol. The van der Waals surface area contributed by atoms with Gasteiger partial charge in [0.25, 0.3) is 5.91 Å². The monoisotopic (exact) mass is 577 g/mol. The summed E-state index contributed by atoms with van der Waals surface area (Å²) in [5.74, 6) is -3.64. The molecule has 4 atom stereocenters. The van der Waals surface area contributed by atoms with Crippen molar-refractivity contribution in [3.63, 3.8) is 0 Å². The molecule has 1 fully saturated rings. The fourth-order valence-electron chi connectivity index (χ4n) is 4.81. The lowest BCUT2D eigenvalue weighted by Gasteiger charge is -2.33. The summed E-state index contributed by atoms with van der Waals surface area (Å²) in [6.07, 6.45) is -0.988. The van der Waals surface area contributed by atoms with Crippen LogP contribution in [0.1, 0.15) is 56.5 Å². The van der Waals surface area contributed by atoms with E-state index in [1.807, 2.05) is 26.0 Å². The number of aliphatic hydroxyl groups is 2.